The number of benzene rings is 2. The van der Waals surface area contributed by atoms with Gasteiger partial charge < -0.3 is 10.6 Å². The van der Waals surface area contributed by atoms with Gasteiger partial charge >= 0.3 is 0 Å². The average molecular weight is 390 g/mol. The Morgan fingerprint density at radius 3 is 2.38 bits per heavy atom. The lowest BCUT2D eigenvalue weighted by molar-refractivity contribution is -0.137. The van der Waals surface area contributed by atoms with Crippen LogP contribution in [0.5, 0.6) is 0 Å². The third-order valence-electron chi connectivity index (χ3n) is 5.42. The highest BCUT2D eigenvalue weighted by molar-refractivity contribution is 5.82. The lowest BCUT2D eigenvalue weighted by atomic mass is 9.97. The van der Waals surface area contributed by atoms with E-state index in [1.54, 1.807) is 0 Å². The minimum absolute atomic E-state index is 0.0249. The lowest BCUT2D eigenvalue weighted by Gasteiger charge is -2.38. The molecule has 0 saturated heterocycles. The van der Waals surface area contributed by atoms with Crippen LogP contribution in [0.2, 0.25) is 0 Å². The second kappa shape index (κ2) is 8.17. The Morgan fingerprint density at radius 2 is 1.72 bits per heavy atom. The zero-order chi connectivity index (χ0) is 20.4. The summed E-state index contributed by atoms with van der Waals surface area (Å²) >= 11 is 0. The van der Waals surface area contributed by atoms with E-state index in [0.29, 0.717) is 25.3 Å². The summed E-state index contributed by atoms with van der Waals surface area (Å²) < 4.78 is 1.94. The van der Waals surface area contributed by atoms with E-state index in [1.807, 2.05) is 70.2 Å². The summed E-state index contributed by atoms with van der Waals surface area (Å²) in [6.07, 6.45) is 0.531. The molecule has 0 saturated carbocycles. The van der Waals surface area contributed by atoms with Crippen LogP contribution in [0, 0.1) is 5.92 Å². The molecule has 29 heavy (non-hydrogen) atoms. The first-order valence-electron chi connectivity index (χ1n) is 10.1. The topological polar surface area (TPSA) is 77.0 Å². The molecule has 2 heterocycles. The molecule has 0 spiro atoms. The first kappa shape index (κ1) is 19.3. The molecule has 1 aliphatic heterocycles. The number of rotatable bonds is 5. The second-order valence-corrected chi connectivity index (χ2v) is 7.90. The molecule has 3 aromatic rings. The van der Waals surface area contributed by atoms with Crippen molar-refractivity contribution >= 4 is 5.91 Å². The molecule has 0 unspecified atom stereocenters. The standard InChI is InChI=1S/C23H27N5O/c1-16(2)20-22-25-21(18-11-7-4-8-12-18)26-28(22)14-13-27(20)23(29)19(24)15-17-9-5-3-6-10-17/h3-12,16,19-20H,13-15,24H2,1-2H3/t19-,20-/m0/s1. The Hall–Kier alpha value is -2.99. The highest BCUT2D eigenvalue weighted by Gasteiger charge is 2.37. The van der Waals surface area contributed by atoms with Gasteiger partial charge in [-0.25, -0.2) is 9.67 Å². The molecule has 1 aliphatic rings. The van der Waals surface area contributed by atoms with Crippen LogP contribution in [0.15, 0.2) is 60.7 Å². The van der Waals surface area contributed by atoms with E-state index in [4.69, 9.17) is 15.8 Å². The fourth-order valence-corrected chi connectivity index (χ4v) is 4.00. The van der Waals surface area contributed by atoms with Gasteiger partial charge in [-0.15, -0.1) is 0 Å². The molecule has 6 nitrogen and oxygen atoms in total. The number of hydrogen-bond acceptors (Lipinski definition) is 4. The molecule has 2 atom stereocenters. The fraction of sp³-hybridized carbons (Fsp3) is 0.348. The van der Waals surface area contributed by atoms with Crippen molar-refractivity contribution in [3.63, 3.8) is 0 Å². The van der Waals surface area contributed by atoms with Crippen LogP contribution >= 0.6 is 0 Å². The number of carbonyl (C=O) groups excluding carboxylic acids is 1. The van der Waals surface area contributed by atoms with Gasteiger partial charge in [-0.05, 0) is 17.9 Å². The summed E-state index contributed by atoms with van der Waals surface area (Å²) in [5.41, 5.74) is 8.38. The summed E-state index contributed by atoms with van der Waals surface area (Å²) in [6, 6.07) is 19.2. The second-order valence-electron chi connectivity index (χ2n) is 7.90. The van der Waals surface area contributed by atoms with E-state index in [-0.39, 0.29) is 17.9 Å². The van der Waals surface area contributed by atoms with Gasteiger partial charge in [-0.2, -0.15) is 5.10 Å². The predicted octanol–water partition coefficient (Wildman–Crippen LogP) is 3.05. The van der Waals surface area contributed by atoms with Crippen LogP contribution in [0.1, 0.15) is 31.3 Å². The maximum absolute atomic E-state index is 13.2. The van der Waals surface area contributed by atoms with Gasteiger partial charge in [0, 0.05) is 12.1 Å². The normalized spacial score (nSPS) is 17.2. The maximum Gasteiger partial charge on any atom is 0.240 e. The van der Waals surface area contributed by atoms with E-state index < -0.39 is 6.04 Å². The smallest absolute Gasteiger partial charge is 0.240 e. The molecule has 2 aromatic carbocycles. The number of nitrogens with zero attached hydrogens (tertiary/aromatic N) is 4. The van der Waals surface area contributed by atoms with Gasteiger partial charge in [0.25, 0.3) is 0 Å². The molecular formula is C23H27N5O. The monoisotopic (exact) mass is 389 g/mol. The number of fused-ring (bicyclic) bond motifs is 1. The van der Waals surface area contributed by atoms with Crippen molar-refractivity contribution in [1.29, 1.82) is 0 Å². The zero-order valence-electron chi connectivity index (χ0n) is 16.9. The largest absolute Gasteiger partial charge is 0.329 e. The van der Waals surface area contributed by atoms with Crippen LogP contribution < -0.4 is 5.73 Å². The number of carbonyl (C=O) groups is 1. The summed E-state index contributed by atoms with van der Waals surface area (Å²) in [6.45, 7) is 5.44. The van der Waals surface area contributed by atoms with Crippen molar-refractivity contribution in [3.8, 4) is 11.4 Å². The maximum atomic E-state index is 13.2. The summed E-state index contributed by atoms with van der Waals surface area (Å²) in [4.78, 5) is 20.0. The van der Waals surface area contributed by atoms with E-state index in [9.17, 15) is 4.79 Å². The average Bonchev–Trinajstić information content (AvgIpc) is 3.18. The van der Waals surface area contributed by atoms with Crippen LogP contribution in [0.25, 0.3) is 11.4 Å². The molecule has 0 aliphatic carbocycles. The molecule has 2 N–H and O–H groups in total. The molecule has 6 heteroatoms. The fourth-order valence-electron chi connectivity index (χ4n) is 4.00. The Kier molecular flexibility index (Phi) is 5.45. The van der Waals surface area contributed by atoms with E-state index in [2.05, 4.69) is 13.8 Å². The Bertz CT molecular complexity index is 967. The van der Waals surface area contributed by atoms with Crippen LogP contribution in [0.4, 0.5) is 0 Å². The lowest BCUT2D eigenvalue weighted by Crippen LogP contribution is -2.51. The minimum atomic E-state index is -0.568. The Labute approximate surface area is 171 Å². The van der Waals surface area contributed by atoms with Crippen LogP contribution in [-0.4, -0.2) is 38.2 Å². The van der Waals surface area contributed by atoms with E-state index in [0.717, 1.165) is 17.0 Å². The molecular weight excluding hydrogens is 362 g/mol. The highest BCUT2D eigenvalue weighted by atomic mass is 16.2. The summed E-state index contributed by atoms with van der Waals surface area (Å²) in [5.74, 6) is 1.72. The van der Waals surface area contributed by atoms with Gasteiger partial charge in [0.05, 0.1) is 18.6 Å². The van der Waals surface area contributed by atoms with Crippen molar-refractivity contribution in [3.05, 3.63) is 72.1 Å². The number of nitrogens with two attached hydrogens (primary N) is 1. The summed E-state index contributed by atoms with van der Waals surface area (Å²) in [7, 11) is 0. The van der Waals surface area contributed by atoms with Crippen LogP contribution in [-0.2, 0) is 17.8 Å². The number of amides is 1. The Morgan fingerprint density at radius 1 is 1.07 bits per heavy atom. The highest BCUT2D eigenvalue weighted by Crippen LogP contribution is 2.32. The number of aromatic nitrogens is 3. The van der Waals surface area contributed by atoms with Crippen molar-refractivity contribution in [1.82, 2.24) is 19.7 Å². The van der Waals surface area contributed by atoms with Crippen molar-refractivity contribution in [2.45, 2.75) is 38.9 Å². The first-order valence-corrected chi connectivity index (χ1v) is 10.1. The molecule has 0 bridgehead atoms. The number of hydrogen-bond donors (Lipinski definition) is 1. The summed E-state index contributed by atoms with van der Waals surface area (Å²) in [5, 5.41) is 4.70. The van der Waals surface area contributed by atoms with Gasteiger partial charge in [0.1, 0.15) is 0 Å². The molecule has 0 radical (unpaired) electrons. The SMILES string of the molecule is CC(C)[C@H]1c2nc(-c3ccccc3)nn2CCN1C(=O)[C@@H](N)Cc1ccccc1. The minimum Gasteiger partial charge on any atom is -0.329 e. The van der Waals surface area contributed by atoms with E-state index >= 15 is 0 Å². The zero-order valence-corrected chi connectivity index (χ0v) is 16.9. The van der Waals surface area contributed by atoms with Crippen molar-refractivity contribution in [2.24, 2.45) is 11.7 Å². The third kappa shape index (κ3) is 3.93. The van der Waals surface area contributed by atoms with Crippen molar-refractivity contribution < 1.29 is 4.79 Å². The Balaban J connectivity index is 1.59. The quantitative estimate of drug-likeness (QED) is 0.728. The van der Waals surface area contributed by atoms with Gasteiger partial charge in [-0.1, -0.05) is 74.5 Å². The molecule has 1 aromatic heterocycles. The molecule has 150 valence electrons. The molecule has 0 fully saturated rings. The first-order chi connectivity index (χ1) is 14.0. The third-order valence-corrected chi connectivity index (χ3v) is 5.42. The molecule has 1 amide bonds. The molecule has 4 rings (SSSR count). The van der Waals surface area contributed by atoms with Crippen molar-refractivity contribution in [2.75, 3.05) is 6.54 Å². The van der Waals surface area contributed by atoms with Gasteiger partial charge in [0.2, 0.25) is 5.91 Å². The predicted molar refractivity (Wildman–Crippen MR) is 113 cm³/mol. The van der Waals surface area contributed by atoms with Gasteiger partial charge in [-0.3, -0.25) is 4.79 Å². The van der Waals surface area contributed by atoms with Gasteiger partial charge in [0.15, 0.2) is 11.6 Å². The van der Waals surface area contributed by atoms with Crippen LogP contribution in [0.3, 0.4) is 0 Å². The van der Waals surface area contributed by atoms with E-state index in [1.165, 1.54) is 0 Å².